The first-order valence-corrected chi connectivity index (χ1v) is 8.96. The van der Waals surface area contributed by atoms with Gasteiger partial charge in [-0.2, -0.15) is 0 Å². The van der Waals surface area contributed by atoms with Gasteiger partial charge in [-0.1, -0.05) is 49.4 Å². The minimum absolute atomic E-state index is 0.0198. The van der Waals surface area contributed by atoms with Gasteiger partial charge in [-0.25, -0.2) is 0 Å². The van der Waals surface area contributed by atoms with Crippen molar-refractivity contribution in [2.75, 3.05) is 33.7 Å². The Hall–Kier alpha value is -1.24. The van der Waals surface area contributed by atoms with Crippen LogP contribution in [0.3, 0.4) is 0 Å². The monoisotopic (exact) mass is 348 g/mol. The van der Waals surface area contributed by atoms with Crippen molar-refractivity contribution in [2.24, 2.45) is 5.92 Å². The van der Waals surface area contributed by atoms with Gasteiger partial charge in [-0.05, 0) is 5.56 Å². The molecule has 138 valence electrons. The topological polar surface area (TPSA) is 46.2 Å². The van der Waals surface area contributed by atoms with Crippen molar-refractivity contribution in [1.29, 1.82) is 0 Å². The predicted molar refractivity (Wildman–Crippen MR) is 95.2 cm³/mol. The Labute approximate surface area is 149 Å². The molecule has 25 heavy (non-hydrogen) atoms. The summed E-state index contributed by atoms with van der Waals surface area (Å²) in [5.74, 6) is 0.333. The summed E-state index contributed by atoms with van der Waals surface area (Å²) in [6.07, 6.45) is 5.59. The fourth-order valence-corrected chi connectivity index (χ4v) is 3.33. The molecule has 2 saturated heterocycles. The zero-order valence-electron chi connectivity index (χ0n) is 15.0. The van der Waals surface area contributed by atoms with Crippen LogP contribution in [0.2, 0.25) is 0 Å². The fourth-order valence-electron chi connectivity index (χ4n) is 3.33. The highest BCUT2D eigenvalue weighted by molar-refractivity contribution is 5.49. The molecule has 2 heterocycles. The molecular formula is C20H28O5. The zero-order valence-corrected chi connectivity index (χ0v) is 15.0. The normalized spacial score (nSPS) is 31.7. The highest BCUT2D eigenvalue weighted by Crippen LogP contribution is 2.37. The van der Waals surface area contributed by atoms with E-state index in [0.717, 1.165) is 6.42 Å². The summed E-state index contributed by atoms with van der Waals surface area (Å²) in [5.41, 5.74) is 1.19. The van der Waals surface area contributed by atoms with Crippen LogP contribution in [0.15, 0.2) is 36.4 Å². The summed E-state index contributed by atoms with van der Waals surface area (Å²) < 4.78 is 28.2. The minimum atomic E-state index is -0.0198. The number of rotatable bonds is 9. The van der Waals surface area contributed by atoms with Crippen LogP contribution < -0.4 is 0 Å². The summed E-state index contributed by atoms with van der Waals surface area (Å²) in [6.45, 7) is 4.06. The molecule has 0 saturated carbocycles. The zero-order chi connectivity index (χ0) is 17.5. The molecule has 2 aliphatic rings. The highest BCUT2D eigenvalue weighted by Gasteiger charge is 2.46. The number of hydrogen-bond acceptors (Lipinski definition) is 5. The first-order chi connectivity index (χ1) is 12.3. The fraction of sp³-hybridized carbons (Fsp3) is 0.600. The molecule has 0 aliphatic carbocycles. The maximum atomic E-state index is 6.27. The standard InChI is InChI=1S/C20H28O5/c1-15-17(9-8-16-6-4-3-5-7-16)24-19-12-18(15)25-20(19)13-23-14-22-11-10-21-2/h3-9,15,17-20H,10-14H2,1-2H3/b9-8+/t15-,17-,18?,19?,20-/m0/s1. The van der Waals surface area contributed by atoms with Gasteiger partial charge in [0.1, 0.15) is 12.9 Å². The Morgan fingerprint density at radius 1 is 1.08 bits per heavy atom. The third kappa shape index (κ3) is 5.12. The van der Waals surface area contributed by atoms with Gasteiger partial charge in [0, 0.05) is 19.4 Å². The Bertz CT molecular complexity index is 532. The highest BCUT2D eigenvalue weighted by atomic mass is 16.7. The van der Waals surface area contributed by atoms with Crippen molar-refractivity contribution in [3.8, 4) is 0 Å². The predicted octanol–water partition coefficient (Wildman–Crippen LogP) is 2.90. The van der Waals surface area contributed by atoms with E-state index in [9.17, 15) is 0 Å². The van der Waals surface area contributed by atoms with Gasteiger partial charge in [-0.15, -0.1) is 0 Å². The second-order valence-corrected chi connectivity index (χ2v) is 6.61. The molecule has 0 spiro atoms. The molecular weight excluding hydrogens is 320 g/mol. The molecule has 5 atom stereocenters. The molecule has 2 unspecified atom stereocenters. The lowest BCUT2D eigenvalue weighted by Gasteiger charge is -2.31. The third-order valence-corrected chi connectivity index (χ3v) is 4.82. The maximum Gasteiger partial charge on any atom is 0.146 e. The molecule has 0 amide bonds. The minimum Gasteiger partial charge on any atom is -0.382 e. The van der Waals surface area contributed by atoms with Gasteiger partial charge in [0.2, 0.25) is 0 Å². The van der Waals surface area contributed by atoms with Gasteiger partial charge in [0.05, 0.1) is 38.1 Å². The van der Waals surface area contributed by atoms with Crippen LogP contribution in [0.4, 0.5) is 0 Å². The lowest BCUT2D eigenvalue weighted by Crippen LogP contribution is -2.38. The second-order valence-electron chi connectivity index (χ2n) is 6.61. The Balaban J connectivity index is 1.47. The van der Waals surface area contributed by atoms with Crippen LogP contribution in [-0.2, 0) is 23.7 Å². The Morgan fingerprint density at radius 2 is 1.92 bits per heavy atom. The van der Waals surface area contributed by atoms with E-state index >= 15 is 0 Å². The number of benzene rings is 1. The molecule has 0 N–H and O–H groups in total. The van der Waals surface area contributed by atoms with E-state index in [4.69, 9.17) is 23.7 Å². The maximum absolute atomic E-state index is 6.27. The molecule has 3 rings (SSSR count). The first kappa shape index (κ1) is 18.5. The average molecular weight is 348 g/mol. The molecule has 2 aliphatic heterocycles. The number of hydrogen-bond donors (Lipinski definition) is 0. The quantitative estimate of drug-likeness (QED) is 0.507. The second kappa shape index (κ2) is 9.46. The van der Waals surface area contributed by atoms with Gasteiger partial charge >= 0.3 is 0 Å². The lowest BCUT2D eigenvalue weighted by molar-refractivity contribution is -0.107. The van der Waals surface area contributed by atoms with Crippen LogP contribution in [0, 0.1) is 5.92 Å². The molecule has 2 bridgehead atoms. The Kier molecular flexibility index (Phi) is 7.02. The molecule has 2 fully saturated rings. The van der Waals surface area contributed by atoms with Crippen LogP contribution in [0.5, 0.6) is 0 Å². The van der Waals surface area contributed by atoms with E-state index in [1.807, 2.05) is 18.2 Å². The molecule has 5 heteroatoms. The first-order valence-electron chi connectivity index (χ1n) is 8.96. The van der Waals surface area contributed by atoms with Crippen molar-refractivity contribution >= 4 is 6.08 Å². The van der Waals surface area contributed by atoms with Crippen molar-refractivity contribution in [2.45, 2.75) is 37.8 Å². The molecule has 0 aromatic heterocycles. The molecule has 1 aromatic carbocycles. The van der Waals surface area contributed by atoms with Crippen LogP contribution in [0.25, 0.3) is 6.08 Å². The van der Waals surface area contributed by atoms with E-state index in [1.54, 1.807) is 7.11 Å². The Morgan fingerprint density at radius 3 is 2.72 bits per heavy atom. The van der Waals surface area contributed by atoms with Crippen molar-refractivity contribution < 1.29 is 23.7 Å². The van der Waals surface area contributed by atoms with Gasteiger partial charge < -0.3 is 23.7 Å². The van der Waals surface area contributed by atoms with Crippen LogP contribution in [0.1, 0.15) is 18.9 Å². The lowest BCUT2D eigenvalue weighted by atomic mass is 9.91. The smallest absolute Gasteiger partial charge is 0.146 e. The molecule has 5 nitrogen and oxygen atoms in total. The largest absolute Gasteiger partial charge is 0.382 e. The summed E-state index contributed by atoms with van der Waals surface area (Å²) in [6, 6.07) is 10.3. The van der Waals surface area contributed by atoms with E-state index < -0.39 is 0 Å². The number of ether oxygens (including phenoxy) is 5. The molecule has 0 radical (unpaired) electrons. The van der Waals surface area contributed by atoms with E-state index in [1.165, 1.54) is 5.56 Å². The number of fused-ring (bicyclic) bond motifs is 2. The number of methoxy groups -OCH3 is 1. The van der Waals surface area contributed by atoms with Crippen molar-refractivity contribution in [3.63, 3.8) is 0 Å². The van der Waals surface area contributed by atoms with E-state index in [0.29, 0.717) is 25.7 Å². The average Bonchev–Trinajstić information content (AvgIpc) is 2.99. The molecule has 1 aromatic rings. The van der Waals surface area contributed by atoms with E-state index in [2.05, 4.69) is 31.2 Å². The van der Waals surface area contributed by atoms with Gasteiger partial charge in [0.15, 0.2) is 0 Å². The van der Waals surface area contributed by atoms with Gasteiger partial charge in [0.25, 0.3) is 0 Å². The third-order valence-electron chi connectivity index (χ3n) is 4.82. The van der Waals surface area contributed by atoms with E-state index in [-0.39, 0.29) is 31.2 Å². The summed E-state index contributed by atoms with van der Waals surface area (Å²) in [5, 5.41) is 0. The van der Waals surface area contributed by atoms with Crippen LogP contribution >= 0.6 is 0 Å². The van der Waals surface area contributed by atoms with Crippen LogP contribution in [-0.4, -0.2) is 58.1 Å². The summed E-state index contributed by atoms with van der Waals surface area (Å²) in [7, 11) is 1.65. The van der Waals surface area contributed by atoms with Gasteiger partial charge in [-0.3, -0.25) is 0 Å². The summed E-state index contributed by atoms with van der Waals surface area (Å²) in [4.78, 5) is 0. The SMILES string of the molecule is COCCOCOC[C@@H]1OC2CC1O[C@@H](/C=C/c1ccccc1)[C@@H]2C. The van der Waals surface area contributed by atoms with Crippen molar-refractivity contribution in [1.82, 2.24) is 0 Å². The van der Waals surface area contributed by atoms with Crippen molar-refractivity contribution in [3.05, 3.63) is 42.0 Å². The summed E-state index contributed by atoms with van der Waals surface area (Å²) >= 11 is 0.